The summed E-state index contributed by atoms with van der Waals surface area (Å²) in [6, 6.07) is 5.98. The predicted molar refractivity (Wildman–Crippen MR) is 101 cm³/mol. The molecule has 1 saturated heterocycles. The van der Waals surface area contributed by atoms with Gasteiger partial charge in [0.05, 0.1) is 11.7 Å². The standard InChI is InChI=1S/C16H23FN4O3S2/c1-2-26(23,24)21-9-3-4-13(11-21)15(22)19-20-16(25)18-10-12-5-7-14(17)8-6-12/h5-8,13H,2-4,9-11H2,1H3,(H,19,22)(H2,18,20,25)/t13-/m0/s1. The monoisotopic (exact) mass is 402 g/mol. The Labute approximate surface area is 158 Å². The predicted octanol–water partition coefficient (Wildman–Crippen LogP) is 0.883. The minimum absolute atomic E-state index is 0.0248. The van der Waals surface area contributed by atoms with E-state index in [1.165, 1.54) is 16.4 Å². The van der Waals surface area contributed by atoms with Gasteiger partial charge in [0.25, 0.3) is 0 Å². The maximum absolute atomic E-state index is 12.8. The highest BCUT2D eigenvalue weighted by molar-refractivity contribution is 7.89. The Kier molecular flexibility index (Phi) is 7.30. The largest absolute Gasteiger partial charge is 0.357 e. The van der Waals surface area contributed by atoms with Crippen LogP contribution in [0.3, 0.4) is 0 Å². The van der Waals surface area contributed by atoms with Gasteiger partial charge in [0.15, 0.2) is 5.11 Å². The summed E-state index contributed by atoms with van der Waals surface area (Å²) in [5, 5.41) is 3.11. The Balaban J connectivity index is 1.76. The zero-order chi connectivity index (χ0) is 19.2. The molecule has 1 aromatic rings. The van der Waals surface area contributed by atoms with E-state index >= 15 is 0 Å². The lowest BCUT2D eigenvalue weighted by Crippen LogP contribution is -2.52. The lowest BCUT2D eigenvalue weighted by Gasteiger charge is -2.30. The summed E-state index contributed by atoms with van der Waals surface area (Å²) in [6.07, 6.45) is 1.27. The number of piperidine rings is 1. The molecule has 1 heterocycles. The first-order valence-electron chi connectivity index (χ1n) is 8.38. The van der Waals surface area contributed by atoms with Crippen LogP contribution in [0.5, 0.6) is 0 Å². The van der Waals surface area contributed by atoms with E-state index in [1.807, 2.05) is 0 Å². The minimum atomic E-state index is -3.29. The van der Waals surface area contributed by atoms with E-state index < -0.39 is 15.9 Å². The van der Waals surface area contributed by atoms with Crippen LogP contribution in [0, 0.1) is 11.7 Å². The molecule has 0 aromatic heterocycles. The first-order chi connectivity index (χ1) is 12.3. The molecule has 2 rings (SSSR count). The van der Waals surface area contributed by atoms with Crippen molar-refractivity contribution >= 4 is 33.3 Å². The number of carbonyl (C=O) groups excluding carboxylic acids is 1. The van der Waals surface area contributed by atoms with E-state index in [0.29, 0.717) is 25.9 Å². The molecular formula is C16H23FN4O3S2. The van der Waals surface area contributed by atoms with Gasteiger partial charge in [0.1, 0.15) is 5.82 Å². The molecule has 0 bridgehead atoms. The van der Waals surface area contributed by atoms with Crippen molar-refractivity contribution in [1.82, 2.24) is 20.5 Å². The molecule has 26 heavy (non-hydrogen) atoms. The molecule has 0 aliphatic carbocycles. The lowest BCUT2D eigenvalue weighted by molar-refractivity contribution is -0.126. The highest BCUT2D eigenvalue weighted by Gasteiger charge is 2.31. The molecule has 10 heteroatoms. The van der Waals surface area contributed by atoms with Crippen molar-refractivity contribution < 1.29 is 17.6 Å². The van der Waals surface area contributed by atoms with Crippen LogP contribution in [-0.2, 0) is 21.4 Å². The summed E-state index contributed by atoms with van der Waals surface area (Å²) in [4.78, 5) is 12.3. The van der Waals surface area contributed by atoms with Crippen molar-refractivity contribution in [1.29, 1.82) is 0 Å². The number of nitrogens with one attached hydrogen (secondary N) is 3. The number of halogens is 1. The fourth-order valence-electron chi connectivity index (χ4n) is 2.64. The van der Waals surface area contributed by atoms with Gasteiger partial charge in [-0.2, -0.15) is 0 Å². The minimum Gasteiger partial charge on any atom is -0.357 e. The van der Waals surface area contributed by atoms with Crippen molar-refractivity contribution in [3.8, 4) is 0 Å². The normalized spacial score (nSPS) is 18.2. The van der Waals surface area contributed by atoms with Gasteiger partial charge in [0, 0.05) is 19.6 Å². The van der Waals surface area contributed by atoms with E-state index in [-0.39, 0.29) is 29.1 Å². The van der Waals surface area contributed by atoms with Gasteiger partial charge in [-0.05, 0) is 49.7 Å². The van der Waals surface area contributed by atoms with Crippen LogP contribution < -0.4 is 16.2 Å². The van der Waals surface area contributed by atoms with E-state index in [9.17, 15) is 17.6 Å². The Hall–Kier alpha value is -1.78. The number of amides is 1. The third-order valence-corrected chi connectivity index (χ3v) is 6.27. The van der Waals surface area contributed by atoms with E-state index in [4.69, 9.17) is 12.2 Å². The highest BCUT2D eigenvalue weighted by Crippen LogP contribution is 2.19. The average Bonchev–Trinajstić information content (AvgIpc) is 2.65. The van der Waals surface area contributed by atoms with E-state index in [0.717, 1.165) is 5.56 Å². The number of nitrogens with zero attached hydrogens (tertiary/aromatic N) is 1. The Bertz CT molecular complexity index is 740. The van der Waals surface area contributed by atoms with Crippen LogP contribution in [0.25, 0.3) is 0 Å². The molecule has 1 fully saturated rings. The number of carbonyl (C=O) groups is 1. The molecule has 0 radical (unpaired) electrons. The van der Waals surface area contributed by atoms with Gasteiger partial charge in [0.2, 0.25) is 15.9 Å². The Morgan fingerprint density at radius 1 is 1.31 bits per heavy atom. The summed E-state index contributed by atoms with van der Waals surface area (Å²) >= 11 is 5.08. The van der Waals surface area contributed by atoms with Gasteiger partial charge in [-0.25, -0.2) is 17.1 Å². The number of rotatable bonds is 5. The van der Waals surface area contributed by atoms with Crippen molar-refractivity contribution in [3.05, 3.63) is 35.6 Å². The molecule has 1 aliphatic heterocycles. The smallest absolute Gasteiger partial charge is 0.242 e. The quantitative estimate of drug-likeness (QED) is 0.500. The fourth-order valence-corrected chi connectivity index (χ4v) is 3.94. The summed E-state index contributed by atoms with van der Waals surface area (Å²) in [6.45, 7) is 2.60. The summed E-state index contributed by atoms with van der Waals surface area (Å²) in [5.74, 6) is -1.01. The van der Waals surface area contributed by atoms with Crippen molar-refractivity contribution in [3.63, 3.8) is 0 Å². The number of hydrazine groups is 1. The van der Waals surface area contributed by atoms with Gasteiger partial charge >= 0.3 is 0 Å². The van der Waals surface area contributed by atoms with Crippen LogP contribution in [0.15, 0.2) is 24.3 Å². The van der Waals surface area contributed by atoms with Gasteiger partial charge < -0.3 is 5.32 Å². The summed E-state index contributed by atoms with van der Waals surface area (Å²) in [5.41, 5.74) is 5.96. The second-order valence-electron chi connectivity index (χ2n) is 6.02. The zero-order valence-electron chi connectivity index (χ0n) is 14.5. The second-order valence-corrected chi connectivity index (χ2v) is 8.69. The van der Waals surface area contributed by atoms with Crippen molar-refractivity contribution in [2.45, 2.75) is 26.3 Å². The lowest BCUT2D eigenvalue weighted by atomic mass is 9.99. The van der Waals surface area contributed by atoms with Crippen LogP contribution in [0.1, 0.15) is 25.3 Å². The average molecular weight is 403 g/mol. The van der Waals surface area contributed by atoms with Crippen molar-refractivity contribution in [2.75, 3.05) is 18.8 Å². The summed E-state index contributed by atoms with van der Waals surface area (Å²) < 4.78 is 38.1. The van der Waals surface area contributed by atoms with Gasteiger partial charge in [-0.15, -0.1) is 0 Å². The van der Waals surface area contributed by atoms with E-state index in [1.54, 1.807) is 19.1 Å². The number of hydrogen-bond acceptors (Lipinski definition) is 4. The van der Waals surface area contributed by atoms with Crippen LogP contribution >= 0.6 is 12.2 Å². The molecule has 1 aliphatic rings. The number of thiocarbonyl (C=S) groups is 1. The first-order valence-corrected chi connectivity index (χ1v) is 10.4. The number of sulfonamides is 1. The molecule has 0 unspecified atom stereocenters. The highest BCUT2D eigenvalue weighted by atomic mass is 32.2. The van der Waals surface area contributed by atoms with Crippen LogP contribution in [0.4, 0.5) is 4.39 Å². The maximum Gasteiger partial charge on any atom is 0.242 e. The number of benzene rings is 1. The molecule has 1 atom stereocenters. The Morgan fingerprint density at radius 3 is 2.65 bits per heavy atom. The van der Waals surface area contributed by atoms with Gasteiger partial charge in [-0.3, -0.25) is 15.6 Å². The third kappa shape index (κ3) is 5.89. The van der Waals surface area contributed by atoms with Gasteiger partial charge in [-0.1, -0.05) is 12.1 Å². The van der Waals surface area contributed by atoms with E-state index in [2.05, 4.69) is 16.2 Å². The molecule has 144 valence electrons. The topological polar surface area (TPSA) is 90.5 Å². The molecule has 0 spiro atoms. The fraction of sp³-hybridized carbons (Fsp3) is 0.500. The second kappa shape index (κ2) is 9.24. The summed E-state index contributed by atoms with van der Waals surface area (Å²) in [7, 11) is -3.29. The van der Waals surface area contributed by atoms with Crippen LogP contribution in [-0.4, -0.2) is 42.6 Å². The third-order valence-electron chi connectivity index (χ3n) is 4.18. The molecule has 3 N–H and O–H groups in total. The van der Waals surface area contributed by atoms with Crippen molar-refractivity contribution in [2.24, 2.45) is 5.92 Å². The number of hydrogen-bond donors (Lipinski definition) is 3. The molecule has 7 nitrogen and oxygen atoms in total. The molecular weight excluding hydrogens is 379 g/mol. The Morgan fingerprint density at radius 2 is 2.00 bits per heavy atom. The maximum atomic E-state index is 12.8. The molecule has 0 saturated carbocycles. The molecule has 1 aromatic carbocycles. The molecule has 1 amide bonds. The zero-order valence-corrected chi connectivity index (χ0v) is 16.1. The SMILES string of the molecule is CCS(=O)(=O)N1CCC[C@H](C(=O)NNC(=S)NCc2ccc(F)cc2)C1. The van der Waals surface area contributed by atoms with Crippen LogP contribution in [0.2, 0.25) is 0 Å². The first kappa shape index (κ1) is 20.5.